The number of fused-ring (bicyclic) bond motifs is 1. The Kier molecular flexibility index (Phi) is 8.45. The van der Waals surface area contributed by atoms with Gasteiger partial charge in [0.05, 0.1) is 35.2 Å². The van der Waals surface area contributed by atoms with E-state index in [1.165, 1.54) is 11.6 Å². The molecule has 0 aliphatic rings. The van der Waals surface area contributed by atoms with Crippen molar-refractivity contribution in [3.63, 3.8) is 0 Å². The fraction of sp³-hybridized carbons (Fsp3) is 0.259. The van der Waals surface area contributed by atoms with Crippen LogP contribution in [0.5, 0.6) is 5.75 Å². The topological polar surface area (TPSA) is 100 Å². The van der Waals surface area contributed by atoms with E-state index < -0.39 is 0 Å². The fourth-order valence-corrected chi connectivity index (χ4v) is 4.11. The number of likely N-dealkylation sites (N-methyl/N-ethyl adjacent to an activating group) is 2. The lowest BCUT2D eigenvalue weighted by molar-refractivity contribution is -0.111. The maximum absolute atomic E-state index is 12.4. The van der Waals surface area contributed by atoms with Crippen LogP contribution in [0.1, 0.15) is 0 Å². The lowest BCUT2D eigenvalue weighted by atomic mass is 10.2. The maximum Gasteiger partial charge on any atom is 0.249 e. The van der Waals surface area contributed by atoms with Gasteiger partial charge >= 0.3 is 0 Å². The number of imidazole rings is 1. The van der Waals surface area contributed by atoms with Crippen LogP contribution in [-0.4, -0.2) is 71.7 Å². The van der Waals surface area contributed by atoms with E-state index in [1.54, 1.807) is 19.4 Å². The number of anilines is 4. The molecule has 1 amide bonds. The van der Waals surface area contributed by atoms with Crippen LogP contribution in [0.4, 0.5) is 23.0 Å². The SMILES string of the molecule is COc1cc(N(C)CCN(C)C)c(NC(=O)C=CCl)cc1Nc1nccc(-c2nc3ccccc3n2C)n1. The standard InChI is InChI=1S/C27H31ClN8O2/c1-34(2)14-15-35(3)23-17-24(38-5)21(16-20(23)30-25(37)10-12-28)33-27-29-13-11-19(32-27)26-31-18-8-6-7-9-22(18)36(26)4/h6-13,16-17H,14-15H2,1-5H3,(H,30,37)(H,29,32,33). The number of aryl methyl sites for hydroxylation is 1. The van der Waals surface area contributed by atoms with Crippen LogP contribution in [-0.2, 0) is 11.8 Å². The molecule has 0 unspecified atom stereocenters. The van der Waals surface area contributed by atoms with Crippen LogP contribution in [0.15, 0.2) is 60.3 Å². The third kappa shape index (κ3) is 6.04. The summed E-state index contributed by atoms with van der Waals surface area (Å²) in [5.74, 6) is 1.31. The number of para-hydroxylation sites is 2. The molecule has 0 saturated carbocycles. The van der Waals surface area contributed by atoms with Crippen molar-refractivity contribution >= 4 is 51.6 Å². The second-order valence-electron chi connectivity index (χ2n) is 8.95. The average molecular weight is 535 g/mol. The second-order valence-corrected chi connectivity index (χ2v) is 9.20. The number of aromatic nitrogens is 4. The number of nitrogens with one attached hydrogen (secondary N) is 2. The average Bonchev–Trinajstić information content (AvgIpc) is 3.24. The molecule has 0 fully saturated rings. The highest BCUT2D eigenvalue weighted by atomic mass is 35.5. The zero-order valence-electron chi connectivity index (χ0n) is 22.1. The summed E-state index contributed by atoms with van der Waals surface area (Å²) in [7, 11) is 9.53. The Bertz CT molecular complexity index is 1470. The van der Waals surface area contributed by atoms with E-state index in [1.807, 2.05) is 69.2 Å². The molecule has 38 heavy (non-hydrogen) atoms. The van der Waals surface area contributed by atoms with Crippen molar-refractivity contribution in [3.05, 3.63) is 60.3 Å². The van der Waals surface area contributed by atoms with Gasteiger partial charge in [-0.15, -0.1) is 0 Å². The van der Waals surface area contributed by atoms with Crippen molar-refractivity contribution in [1.82, 2.24) is 24.4 Å². The molecule has 10 nitrogen and oxygen atoms in total. The molecule has 0 bridgehead atoms. The molecule has 0 aliphatic carbocycles. The minimum absolute atomic E-state index is 0.349. The van der Waals surface area contributed by atoms with E-state index in [4.69, 9.17) is 26.3 Å². The van der Waals surface area contributed by atoms with E-state index in [2.05, 4.69) is 25.4 Å². The van der Waals surface area contributed by atoms with Crippen molar-refractivity contribution in [1.29, 1.82) is 0 Å². The first-order valence-electron chi connectivity index (χ1n) is 12.0. The Morgan fingerprint density at radius 2 is 1.89 bits per heavy atom. The molecule has 0 aliphatic heterocycles. The minimum Gasteiger partial charge on any atom is -0.494 e. The molecule has 4 rings (SSSR count). The van der Waals surface area contributed by atoms with E-state index in [-0.39, 0.29) is 5.91 Å². The van der Waals surface area contributed by atoms with Crippen LogP contribution in [0, 0.1) is 0 Å². The summed E-state index contributed by atoms with van der Waals surface area (Å²) in [6.07, 6.45) is 2.93. The summed E-state index contributed by atoms with van der Waals surface area (Å²) < 4.78 is 7.69. The van der Waals surface area contributed by atoms with E-state index in [0.717, 1.165) is 35.6 Å². The molecule has 2 aromatic heterocycles. The van der Waals surface area contributed by atoms with Gasteiger partial charge in [-0.05, 0) is 38.4 Å². The molecular weight excluding hydrogens is 504 g/mol. The number of ether oxygens (including phenoxy) is 1. The number of nitrogens with zero attached hydrogens (tertiary/aromatic N) is 6. The van der Waals surface area contributed by atoms with Crippen molar-refractivity contribution in [2.45, 2.75) is 0 Å². The van der Waals surface area contributed by atoms with E-state index in [0.29, 0.717) is 28.8 Å². The molecule has 2 aromatic carbocycles. The summed E-state index contributed by atoms with van der Waals surface area (Å²) in [6, 6.07) is 13.4. The Labute approximate surface area is 226 Å². The lowest BCUT2D eigenvalue weighted by Gasteiger charge is -2.26. The number of carbonyl (C=O) groups is 1. The quantitative estimate of drug-likeness (QED) is 0.287. The molecule has 0 radical (unpaired) electrons. The van der Waals surface area contributed by atoms with Crippen molar-refractivity contribution in [2.75, 3.05) is 56.9 Å². The summed E-state index contributed by atoms with van der Waals surface area (Å²) in [6.45, 7) is 1.57. The Morgan fingerprint density at radius 1 is 1.11 bits per heavy atom. The third-order valence-corrected chi connectivity index (χ3v) is 6.13. The number of hydrogen-bond donors (Lipinski definition) is 2. The molecule has 198 valence electrons. The molecule has 4 aromatic rings. The molecule has 2 heterocycles. The second kappa shape index (κ2) is 11.9. The highest BCUT2D eigenvalue weighted by Gasteiger charge is 2.17. The van der Waals surface area contributed by atoms with Gasteiger partial charge in [0, 0.05) is 51.1 Å². The Hall–Kier alpha value is -4.15. The first-order valence-corrected chi connectivity index (χ1v) is 12.4. The molecule has 11 heteroatoms. The molecule has 0 spiro atoms. The van der Waals surface area contributed by atoms with Crippen LogP contribution >= 0.6 is 11.6 Å². The number of rotatable bonds is 10. The fourth-order valence-electron chi connectivity index (χ4n) is 3.99. The van der Waals surface area contributed by atoms with E-state index in [9.17, 15) is 4.79 Å². The first kappa shape index (κ1) is 26.9. The number of hydrogen-bond acceptors (Lipinski definition) is 8. The van der Waals surface area contributed by atoms with Crippen molar-refractivity contribution < 1.29 is 9.53 Å². The monoisotopic (exact) mass is 534 g/mol. The predicted molar refractivity (Wildman–Crippen MR) is 153 cm³/mol. The molecule has 0 saturated heterocycles. The van der Waals surface area contributed by atoms with Crippen LogP contribution < -0.4 is 20.3 Å². The van der Waals surface area contributed by atoms with Crippen molar-refractivity contribution in [3.8, 4) is 17.3 Å². The number of carbonyl (C=O) groups excluding carboxylic acids is 1. The minimum atomic E-state index is -0.349. The third-order valence-electron chi connectivity index (χ3n) is 6.00. The predicted octanol–water partition coefficient (Wildman–Crippen LogP) is 4.47. The highest BCUT2D eigenvalue weighted by Crippen LogP contribution is 2.38. The van der Waals surface area contributed by atoms with Gasteiger partial charge in [-0.2, -0.15) is 0 Å². The molecule has 0 atom stereocenters. The number of benzene rings is 2. The normalized spacial score (nSPS) is 11.3. The summed E-state index contributed by atoms with van der Waals surface area (Å²) in [5, 5.41) is 6.14. The van der Waals surface area contributed by atoms with Gasteiger partial charge < -0.3 is 29.7 Å². The lowest BCUT2D eigenvalue weighted by Crippen LogP contribution is -2.29. The molecular formula is C27H31ClN8O2. The van der Waals surface area contributed by atoms with Gasteiger partial charge in [0.15, 0.2) is 5.82 Å². The van der Waals surface area contributed by atoms with Gasteiger partial charge in [0.25, 0.3) is 0 Å². The number of halogens is 1. The summed E-state index contributed by atoms with van der Waals surface area (Å²) in [5.41, 5.74) is 5.71. The van der Waals surface area contributed by atoms with Gasteiger partial charge in [-0.1, -0.05) is 23.7 Å². The van der Waals surface area contributed by atoms with Crippen LogP contribution in [0.2, 0.25) is 0 Å². The highest BCUT2D eigenvalue weighted by molar-refractivity contribution is 6.27. The first-order chi connectivity index (χ1) is 18.3. The maximum atomic E-state index is 12.4. The zero-order valence-corrected chi connectivity index (χ0v) is 22.8. The van der Waals surface area contributed by atoms with Crippen LogP contribution in [0.25, 0.3) is 22.6 Å². The summed E-state index contributed by atoms with van der Waals surface area (Å²) in [4.78, 5) is 30.4. The van der Waals surface area contributed by atoms with Gasteiger partial charge in [-0.3, -0.25) is 4.79 Å². The number of methoxy groups -OCH3 is 1. The number of amides is 1. The molecule has 2 N–H and O–H groups in total. The largest absolute Gasteiger partial charge is 0.494 e. The Morgan fingerprint density at radius 3 is 2.61 bits per heavy atom. The van der Waals surface area contributed by atoms with Gasteiger partial charge in [-0.25, -0.2) is 15.0 Å². The van der Waals surface area contributed by atoms with E-state index >= 15 is 0 Å². The Balaban J connectivity index is 1.70. The van der Waals surface area contributed by atoms with Crippen molar-refractivity contribution in [2.24, 2.45) is 7.05 Å². The summed E-state index contributed by atoms with van der Waals surface area (Å²) >= 11 is 5.63. The smallest absolute Gasteiger partial charge is 0.249 e. The van der Waals surface area contributed by atoms with Gasteiger partial charge in [0.1, 0.15) is 11.4 Å². The zero-order chi connectivity index (χ0) is 27.2. The van der Waals surface area contributed by atoms with Crippen LogP contribution in [0.3, 0.4) is 0 Å². The van der Waals surface area contributed by atoms with Gasteiger partial charge in [0.2, 0.25) is 11.9 Å².